The van der Waals surface area contributed by atoms with E-state index in [0.29, 0.717) is 6.42 Å². The Morgan fingerprint density at radius 1 is 1.21 bits per heavy atom. The molecule has 0 saturated carbocycles. The summed E-state index contributed by atoms with van der Waals surface area (Å²) in [5.41, 5.74) is 3.29. The summed E-state index contributed by atoms with van der Waals surface area (Å²) >= 11 is 0. The van der Waals surface area contributed by atoms with E-state index in [2.05, 4.69) is 24.0 Å². The second-order valence-electron chi connectivity index (χ2n) is 7.62. The van der Waals surface area contributed by atoms with Crippen LogP contribution >= 0.6 is 0 Å². The van der Waals surface area contributed by atoms with Crippen LogP contribution in [-0.2, 0) is 39.1 Å². The fourth-order valence-electron chi connectivity index (χ4n) is 4.03. The first-order valence-electron chi connectivity index (χ1n) is 10.3. The summed E-state index contributed by atoms with van der Waals surface area (Å²) in [4.78, 5) is 2.21. The molecule has 2 aromatic rings. The van der Waals surface area contributed by atoms with Crippen LogP contribution in [0.15, 0.2) is 48.5 Å². The van der Waals surface area contributed by atoms with Crippen LogP contribution in [0, 0.1) is 6.07 Å². The monoisotopic (exact) mass is 457 g/mol. The zero-order valence-electron chi connectivity index (χ0n) is 16.9. The second-order valence-corrected chi connectivity index (χ2v) is 7.62. The molecule has 28 heavy (non-hydrogen) atoms. The van der Waals surface area contributed by atoms with Gasteiger partial charge in [0.15, 0.2) is 0 Å². The van der Waals surface area contributed by atoms with E-state index in [0.717, 1.165) is 56.3 Å². The van der Waals surface area contributed by atoms with Gasteiger partial charge in [0.1, 0.15) is 6.17 Å². The molecular formula is C24H31FNOY-. The predicted molar refractivity (Wildman–Crippen MR) is 110 cm³/mol. The summed E-state index contributed by atoms with van der Waals surface area (Å²) < 4.78 is 14.5. The van der Waals surface area contributed by atoms with Gasteiger partial charge in [-0.15, -0.1) is 0 Å². The van der Waals surface area contributed by atoms with E-state index in [-0.39, 0.29) is 38.8 Å². The van der Waals surface area contributed by atoms with E-state index in [1.165, 1.54) is 5.56 Å². The van der Waals surface area contributed by atoms with E-state index in [4.69, 9.17) is 0 Å². The van der Waals surface area contributed by atoms with E-state index in [9.17, 15) is 9.50 Å². The Balaban J connectivity index is 0.00000280. The molecule has 3 rings (SSSR count). The Morgan fingerprint density at radius 2 is 2.00 bits per heavy atom. The van der Waals surface area contributed by atoms with Gasteiger partial charge in [0.2, 0.25) is 0 Å². The van der Waals surface area contributed by atoms with Gasteiger partial charge in [-0.1, -0.05) is 44.7 Å². The summed E-state index contributed by atoms with van der Waals surface area (Å²) in [5, 5.41) is 10.3. The SMILES string of the molecule is CCCCC(O)c1ccc(N2CCC(F)C2CCCc2c[c-]ccc2)cc1.[Y]. The minimum Gasteiger partial charge on any atom is -0.388 e. The Bertz CT molecular complexity index is 679. The van der Waals surface area contributed by atoms with Crippen molar-refractivity contribution >= 4 is 5.69 Å². The second kappa shape index (κ2) is 12.0. The van der Waals surface area contributed by atoms with Crippen LogP contribution < -0.4 is 4.90 Å². The third kappa shape index (κ3) is 6.37. The molecule has 1 heterocycles. The predicted octanol–water partition coefficient (Wildman–Crippen LogP) is 5.65. The summed E-state index contributed by atoms with van der Waals surface area (Å²) in [7, 11) is 0. The van der Waals surface area contributed by atoms with Crippen molar-refractivity contribution < 1.29 is 42.2 Å². The maximum absolute atomic E-state index is 14.5. The van der Waals surface area contributed by atoms with Crippen LogP contribution in [0.5, 0.6) is 0 Å². The number of hydrogen-bond acceptors (Lipinski definition) is 2. The van der Waals surface area contributed by atoms with Crippen LogP contribution in [-0.4, -0.2) is 23.9 Å². The van der Waals surface area contributed by atoms with Crippen LogP contribution in [0.3, 0.4) is 0 Å². The number of alkyl halides is 1. The van der Waals surface area contributed by atoms with E-state index >= 15 is 0 Å². The molecule has 0 aromatic heterocycles. The Morgan fingerprint density at radius 3 is 2.68 bits per heavy atom. The zero-order valence-corrected chi connectivity index (χ0v) is 19.7. The smallest absolute Gasteiger partial charge is 0.122 e. The van der Waals surface area contributed by atoms with Gasteiger partial charge in [-0.25, -0.2) is 4.39 Å². The molecule has 1 saturated heterocycles. The molecule has 0 bridgehead atoms. The fraction of sp³-hybridized carbons (Fsp3) is 0.500. The number of hydrogen-bond donors (Lipinski definition) is 1. The molecular weight excluding hydrogens is 426 g/mol. The topological polar surface area (TPSA) is 23.5 Å². The van der Waals surface area contributed by atoms with Gasteiger partial charge < -0.3 is 10.0 Å². The molecule has 3 atom stereocenters. The molecule has 1 fully saturated rings. The van der Waals surface area contributed by atoms with Crippen molar-refractivity contribution in [1.29, 1.82) is 0 Å². The molecule has 4 heteroatoms. The van der Waals surface area contributed by atoms with Gasteiger partial charge in [-0.2, -0.15) is 35.9 Å². The molecule has 2 aromatic carbocycles. The summed E-state index contributed by atoms with van der Waals surface area (Å²) in [6, 6.07) is 19.2. The molecule has 1 aliphatic heterocycles. The van der Waals surface area contributed by atoms with E-state index in [1.54, 1.807) is 0 Å². The van der Waals surface area contributed by atoms with Crippen LogP contribution in [0.1, 0.15) is 62.7 Å². The number of benzene rings is 2. The maximum Gasteiger partial charge on any atom is 0.122 e. The Labute approximate surface area is 194 Å². The fourth-order valence-corrected chi connectivity index (χ4v) is 4.03. The summed E-state index contributed by atoms with van der Waals surface area (Å²) in [6.45, 7) is 2.90. The first kappa shape index (κ1) is 23.5. The van der Waals surface area contributed by atoms with Gasteiger partial charge in [0, 0.05) is 44.9 Å². The Kier molecular flexibility index (Phi) is 10.1. The van der Waals surface area contributed by atoms with Crippen molar-refractivity contribution in [3.63, 3.8) is 0 Å². The average molecular weight is 457 g/mol. The largest absolute Gasteiger partial charge is 0.388 e. The van der Waals surface area contributed by atoms with Crippen LogP contribution in [0.2, 0.25) is 0 Å². The third-order valence-corrected chi connectivity index (χ3v) is 5.64. The molecule has 149 valence electrons. The van der Waals surface area contributed by atoms with Crippen molar-refractivity contribution in [1.82, 2.24) is 0 Å². The first-order valence-corrected chi connectivity index (χ1v) is 10.3. The van der Waals surface area contributed by atoms with E-state index < -0.39 is 12.3 Å². The Hall–Kier alpha value is -0.766. The molecule has 3 unspecified atom stereocenters. The number of aryl methyl sites for hydroxylation is 1. The maximum atomic E-state index is 14.5. The molecule has 2 nitrogen and oxygen atoms in total. The normalized spacial score (nSPS) is 20.0. The standard InChI is InChI=1S/C24H31FNO.Y/c1-2-3-12-24(27)20-13-15-21(16-14-20)26-18-17-22(25)23(26)11-7-10-19-8-5-4-6-9-19;/h4-5,8-9,13-16,22-24,27H,2-3,7,10-12,17-18H2,1H3;/q-1;. The zero-order chi connectivity index (χ0) is 19.1. The van der Waals surface area contributed by atoms with Crippen molar-refractivity contribution in [2.45, 2.75) is 70.2 Å². The minimum absolute atomic E-state index is 0. The minimum atomic E-state index is -0.762. The molecule has 0 aliphatic carbocycles. The van der Waals surface area contributed by atoms with Gasteiger partial charge in [0.25, 0.3) is 0 Å². The quantitative estimate of drug-likeness (QED) is 0.492. The molecule has 0 spiro atoms. The number of aliphatic hydroxyl groups is 1. The summed E-state index contributed by atoms with van der Waals surface area (Å²) in [6.07, 6.45) is 5.16. The number of nitrogens with zero attached hydrogens (tertiary/aromatic N) is 1. The average Bonchev–Trinajstić information content (AvgIpc) is 3.07. The van der Waals surface area contributed by atoms with E-state index in [1.807, 2.05) is 42.5 Å². The van der Waals surface area contributed by atoms with Crippen LogP contribution in [0.25, 0.3) is 0 Å². The van der Waals surface area contributed by atoms with Crippen molar-refractivity contribution in [2.75, 3.05) is 11.4 Å². The number of anilines is 1. The molecule has 1 N–H and O–H groups in total. The van der Waals surface area contributed by atoms with Crippen molar-refractivity contribution in [3.05, 3.63) is 65.7 Å². The van der Waals surface area contributed by atoms with Gasteiger partial charge >= 0.3 is 0 Å². The van der Waals surface area contributed by atoms with Crippen molar-refractivity contribution in [2.24, 2.45) is 0 Å². The van der Waals surface area contributed by atoms with Gasteiger partial charge in [0.05, 0.1) is 12.1 Å². The molecule has 1 radical (unpaired) electrons. The van der Waals surface area contributed by atoms with Gasteiger partial charge in [-0.3, -0.25) is 0 Å². The third-order valence-electron chi connectivity index (χ3n) is 5.64. The number of unbranched alkanes of at least 4 members (excludes halogenated alkanes) is 1. The number of rotatable bonds is 9. The van der Waals surface area contributed by atoms with Gasteiger partial charge in [-0.05, 0) is 37.0 Å². The van der Waals surface area contributed by atoms with Crippen LogP contribution in [0.4, 0.5) is 10.1 Å². The molecule has 0 amide bonds. The molecule has 1 aliphatic rings. The van der Waals surface area contributed by atoms with Crippen molar-refractivity contribution in [3.8, 4) is 0 Å². The number of halogens is 1. The first-order chi connectivity index (χ1) is 13.2. The number of aliphatic hydroxyl groups excluding tert-OH is 1. The summed E-state index contributed by atoms with van der Waals surface area (Å²) in [5.74, 6) is 0.